The zero-order chi connectivity index (χ0) is 11.4. The second-order valence-corrected chi connectivity index (χ2v) is 3.93. The number of carbonyl (C=O) groups excluding carboxylic acids is 2. The molecular formula is C10H18N2O3. The number of nitrogens with zero attached hydrogens (tertiary/aromatic N) is 1. The van der Waals surface area contributed by atoms with Crippen molar-refractivity contribution in [1.82, 2.24) is 10.4 Å². The van der Waals surface area contributed by atoms with Gasteiger partial charge in [0.2, 0.25) is 11.8 Å². The number of hydrogen-bond donors (Lipinski definition) is 1. The molecule has 0 spiro atoms. The third-order valence-corrected chi connectivity index (χ3v) is 2.81. The monoisotopic (exact) mass is 214 g/mol. The summed E-state index contributed by atoms with van der Waals surface area (Å²) in [6.07, 6.45) is 1.42. The van der Waals surface area contributed by atoms with Gasteiger partial charge in [-0.2, -0.15) is 0 Å². The zero-order valence-electron chi connectivity index (χ0n) is 9.45. The summed E-state index contributed by atoms with van der Waals surface area (Å²) in [7, 11) is 3.03. The molecule has 1 heterocycles. The van der Waals surface area contributed by atoms with Gasteiger partial charge in [-0.1, -0.05) is 6.92 Å². The number of nitrogens with one attached hydrogen (secondary N) is 1. The Morgan fingerprint density at radius 2 is 2.40 bits per heavy atom. The Kier molecular flexibility index (Phi) is 4.08. The number of amides is 2. The Morgan fingerprint density at radius 1 is 1.73 bits per heavy atom. The Labute approximate surface area is 89.7 Å². The molecule has 5 heteroatoms. The first-order valence-corrected chi connectivity index (χ1v) is 5.15. The highest BCUT2D eigenvalue weighted by Gasteiger charge is 2.29. The first kappa shape index (κ1) is 12.0. The van der Waals surface area contributed by atoms with Gasteiger partial charge in [0.15, 0.2) is 0 Å². The normalized spacial score (nSPS) is 22.3. The molecule has 0 unspecified atom stereocenters. The highest BCUT2D eigenvalue weighted by atomic mass is 16.7. The first-order chi connectivity index (χ1) is 7.06. The lowest BCUT2D eigenvalue weighted by atomic mass is 9.94. The van der Waals surface area contributed by atoms with E-state index < -0.39 is 0 Å². The van der Waals surface area contributed by atoms with Crippen LogP contribution >= 0.6 is 0 Å². The van der Waals surface area contributed by atoms with Crippen molar-refractivity contribution in [3.05, 3.63) is 0 Å². The number of rotatable bonds is 4. The summed E-state index contributed by atoms with van der Waals surface area (Å²) < 4.78 is 0. The lowest BCUT2D eigenvalue weighted by molar-refractivity contribution is -0.173. The summed E-state index contributed by atoms with van der Waals surface area (Å²) in [5.41, 5.74) is 0. The quantitative estimate of drug-likeness (QED) is 0.679. The van der Waals surface area contributed by atoms with Crippen molar-refractivity contribution in [1.29, 1.82) is 0 Å². The number of hydrogen-bond acceptors (Lipinski definition) is 3. The molecule has 0 aromatic rings. The van der Waals surface area contributed by atoms with Crippen LogP contribution in [0.5, 0.6) is 0 Å². The molecule has 2 atom stereocenters. The minimum absolute atomic E-state index is 0.0193. The predicted octanol–water partition coefficient (Wildman–Crippen LogP) is 0.168. The van der Waals surface area contributed by atoms with Gasteiger partial charge in [-0.15, -0.1) is 0 Å². The molecule has 1 fully saturated rings. The Bertz CT molecular complexity index is 255. The van der Waals surface area contributed by atoms with Crippen molar-refractivity contribution in [2.45, 2.75) is 19.8 Å². The van der Waals surface area contributed by atoms with E-state index in [2.05, 4.69) is 5.32 Å². The summed E-state index contributed by atoms with van der Waals surface area (Å²) in [6.45, 7) is 2.55. The van der Waals surface area contributed by atoms with Crippen LogP contribution in [0.15, 0.2) is 0 Å². The SMILES string of the molecule is CON(C)C(=O)[C@@H](C)C[C@@H]1CCNC1=O. The van der Waals surface area contributed by atoms with Gasteiger partial charge < -0.3 is 5.32 Å². The van der Waals surface area contributed by atoms with Crippen LogP contribution in [0.25, 0.3) is 0 Å². The van der Waals surface area contributed by atoms with E-state index in [4.69, 9.17) is 4.84 Å². The van der Waals surface area contributed by atoms with E-state index in [0.29, 0.717) is 6.42 Å². The Morgan fingerprint density at radius 3 is 2.87 bits per heavy atom. The topological polar surface area (TPSA) is 58.6 Å². The van der Waals surface area contributed by atoms with Gasteiger partial charge in [-0.05, 0) is 12.8 Å². The molecule has 0 aromatic carbocycles. The van der Waals surface area contributed by atoms with Gasteiger partial charge in [0.05, 0.1) is 7.11 Å². The second-order valence-electron chi connectivity index (χ2n) is 3.93. The number of hydroxylamine groups is 2. The predicted molar refractivity (Wildman–Crippen MR) is 54.7 cm³/mol. The lowest BCUT2D eigenvalue weighted by Gasteiger charge is -2.20. The molecule has 0 aliphatic carbocycles. The van der Waals surface area contributed by atoms with E-state index in [-0.39, 0.29) is 23.7 Å². The maximum Gasteiger partial charge on any atom is 0.248 e. The first-order valence-electron chi connectivity index (χ1n) is 5.15. The highest BCUT2D eigenvalue weighted by Crippen LogP contribution is 2.20. The molecule has 1 rings (SSSR count). The van der Waals surface area contributed by atoms with Gasteiger partial charge >= 0.3 is 0 Å². The molecule has 1 saturated heterocycles. The third kappa shape index (κ3) is 2.92. The van der Waals surface area contributed by atoms with Crippen LogP contribution < -0.4 is 5.32 Å². The summed E-state index contributed by atoms with van der Waals surface area (Å²) in [6, 6.07) is 0. The van der Waals surface area contributed by atoms with Crippen LogP contribution in [0.4, 0.5) is 0 Å². The van der Waals surface area contributed by atoms with Crippen molar-refractivity contribution in [3.63, 3.8) is 0 Å². The summed E-state index contributed by atoms with van der Waals surface area (Å²) in [4.78, 5) is 27.7. The smallest absolute Gasteiger partial charge is 0.248 e. The maximum atomic E-state index is 11.6. The average Bonchev–Trinajstić information content (AvgIpc) is 2.62. The minimum atomic E-state index is -0.177. The van der Waals surface area contributed by atoms with Gasteiger partial charge in [0.25, 0.3) is 0 Å². The zero-order valence-corrected chi connectivity index (χ0v) is 9.45. The van der Waals surface area contributed by atoms with Crippen LogP contribution in [0.2, 0.25) is 0 Å². The van der Waals surface area contributed by atoms with Crippen molar-refractivity contribution in [2.24, 2.45) is 11.8 Å². The fourth-order valence-corrected chi connectivity index (χ4v) is 1.80. The molecule has 0 aromatic heterocycles. The Balaban J connectivity index is 2.44. The van der Waals surface area contributed by atoms with E-state index in [1.54, 1.807) is 7.05 Å². The summed E-state index contributed by atoms with van der Waals surface area (Å²) >= 11 is 0. The van der Waals surface area contributed by atoms with Crippen molar-refractivity contribution in [3.8, 4) is 0 Å². The van der Waals surface area contributed by atoms with E-state index >= 15 is 0 Å². The highest BCUT2D eigenvalue weighted by molar-refractivity contribution is 5.82. The fraction of sp³-hybridized carbons (Fsp3) is 0.800. The van der Waals surface area contributed by atoms with Crippen LogP contribution in [0.1, 0.15) is 19.8 Å². The maximum absolute atomic E-state index is 11.6. The van der Waals surface area contributed by atoms with Crippen LogP contribution in [-0.4, -0.2) is 37.6 Å². The van der Waals surface area contributed by atoms with Gasteiger partial charge in [0, 0.05) is 25.4 Å². The molecule has 0 bridgehead atoms. The Hall–Kier alpha value is -1.10. The standard InChI is InChI=1S/C10H18N2O3/c1-7(10(14)12(2)15-3)6-8-4-5-11-9(8)13/h7-8H,4-6H2,1-3H3,(H,11,13)/t7-,8-/m0/s1. The van der Waals surface area contributed by atoms with Crippen LogP contribution in [-0.2, 0) is 14.4 Å². The molecule has 5 nitrogen and oxygen atoms in total. The second kappa shape index (κ2) is 5.11. The lowest BCUT2D eigenvalue weighted by Crippen LogP contribution is -2.32. The minimum Gasteiger partial charge on any atom is -0.356 e. The number of carbonyl (C=O) groups is 2. The van der Waals surface area contributed by atoms with Crippen molar-refractivity contribution < 1.29 is 14.4 Å². The molecule has 0 saturated carbocycles. The molecule has 0 radical (unpaired) electrons. The van der Waals surface area contributed by atoms with E-state index in [1.807, 2.05) is 6.92 Å². The average molecular weight is 214 g/mol. The fourth-order valence-electron chi connectivity index (χ4n) is 1.80. The molecule has 86 valence electrons. The van der Waals surface area contributed by atoms with Crippen molar-refractivity contribution in [2.75, 3.05) is 20.7 Å². The van der Waals surface area contributed by atoms with Gasteiger partial charge in [0.1, 0.15) is 0 Å². The van der Waals surface area contributed by atoms with E-state index in [9.17, 15) is 9.59 Å². The van der Waals surface area contributed by atoms with Crippen LogP contribution in [0.3, 0.4) is 0 Å². The van der Waals surface area contributed by atoms with E-state index in [0.717, 1.165) is 13.0 Å². The molecule has 1 N–H and O–H groups in total. The largest absolute Gasteiger partial charge is 0.356 e. The molecule has 1 aliphatic rings. The molecular weight excluding hydrogens is 196 g/mol. The van der Waals surface area contributed by atoms with Gasteiger partial charge in [-0.3, -0.25) is 14.4 Å². The molecule has 15 heavy (non-hydrogen) atoms. The van der Waals surface area contributed by atoms with E-state index in [1.165, 1.54) is 12.2 Å². The summed E-state index contributed by atoms with van der Waals surface area (Å²) in [5, 5.41) is 3.97. The van der Waals surface area contributed by atoms with Crippen LogP contribution in [0, 0.1) is 11.8 Å². The third-order valence-electron chi connectivity index (χ3n) is 2.81. The van der Waals surface area contributed by atoms with Crippen molar-refractivity contribution >= 4 is 11.8 Å². The molecule has 2 amide bonds. The van der Waals surface area contributed by atoms with Gasteiger partial charge in [-0.25, -0.2) is 5.06 Å². The molecule has 1 aliphatic heterocycles. The summed E-state index contributed by atoms with van der Waals surface area (Å²) in [5.74, 6) is -0.218.